The van der Waals surface area contributed by atoms with Crippen molar-refractivity contribution < 1.29 is 32.6 Å². The molecule has 0 radical (unpaired) electrons. The zero-order valence-electron chi connectivity index (χ0n) is 22.5. The number of aliphatic imine (C=N–C) groups is 1. The number of hydrogen-bond acceptors (Lipinski definition) is 9. The maximum Gasteiger partial charge on any atom is 0.338 e. The summed E-state index contributed by atoms with van der Waals surface area (Å²) in [7, 11) is 1.20. The number of carboxylic acid groups (broad SMARTS) is 1. The first-order chi connectivity index (χ1) is 19.3. The molecule has 2 N–H and O–H groups in total. The number of fused-ring (bicyclic) bond motifs is 1. The molecule has 3 atom stereocenters. The summed E-state index contributed by atoms with van der Waals surface area (Å²) in [5.74, 6) is -6.03. The summed E-state index contributed by atoms with van der Waals surface area (Å²) >= 11 is 7.69. The van der Waals surface area contributed by atoms with Gasteiger partial charge in [0.1, 0.15) is 11.9 Å². The van der Waals surface area contributed by atoms with Crippen LogP contribution in [0.25, 0.3) is 0 Å². The summed E-state index contributed by atoms with van der Waals surface area (Å²) in [5, 5.41) is 15.0. The largest absolute Gasteiger partial charge is 0.481 e. The van der Waals surface area contributed by atoms with Crippen LogP contribution in [0.4, 0.5) is 13.2 Å². The molecule has 2 fully saturated rings. The summed E-state index contributed by atoms with van der Waals surface area (Å²) < 4.78 is 49.6. The number of nitrogens with zero attached hydrogens (tertiary/aromatic N) is 4. The first-order valence-corrected chi connectivity index (χ1v) is 14.1. The predicted molar refractivity (Wildman–Crippen MR) is 147 cm³/mol. The Bertz CT molecular complexity index is 1420. The van der Waals surface area contributed by atoms with E-state index in [4.69, 9.17) is 16.3 Å². The Hall–Kier alpha value is -3.00. The normalized spacial score (nSPS) is 24.7. The van der Waals surface area contributed by atoms with Crippen molar-refractivity contribution in [3.8, 4) is 0 Å². The van der Waals surface area contributed by atoms with Crippen LogP contribution in [0.1, 0.15) is 30.5 Å². The van der Waals surface area contributed by atoms with Crippen molar-refractivity contribution in [3.63, 3.8) is 0 Å². The summed E-state index contributed by atoms with van der Waals surface area (Å²) in [6, 6.07) is 2.15. The van der Waals surface area contributed by atoms with Crippen LogP contribution in [0.2, 0.25) is 5.02 Å². The molecule has 0 amide bonds. The van der Waals surface area contributed by atoms with E-state index in [9.17, 15) is 19.1 Å². The maximum absolute atomic E-state index is 15.3. The van der Waals surface area contributed by atoms with E-state index in [1.54, 1.807) is 35.2 Å². The molecule has 0 aliphatic carbocycles. The van der Waals surface area contributed by atoms with Gasteiger partial charge in [0.15, 0.2) is 10.8 Å². The molecule has 5 rings (SSSR count). The molecule has 0 spiro atoms. The lowest BCUT2D eigenvalue weighted by Gasteiger charge is -2.32. The van der Waals surface area contributed by atoms with Gasteiger partial charge in [-0.25, -0.2) is 22.9 Å². The standard InChI is InChI=1S/C27H29ClF3N5O4S/c1-26(2,25(38)39)12-35-9-16-19(11-35)36(13-27(16,30)31)10-18-20(24(37)40-3)21(15-5-4-14(29)8-17(15)28)34-22(33-18)23-32-6-7-41-23/h4-8,16,19,21H,9-13H2,1-3H3,(H,33,34)(H,38,39)/t16-,19+,21-/m0/s1. The highest BCUT2D eigenvalue weighted by Crippen LogP contribution is 2.44. The van der Waals surface area contributed by atoms with E-state index in [0.29, 0.717) is 22.1 Å². The van der Waals surface area contributed by atoms with E-state index in [2.05, 4.69) is 15.3 Å². The van der Waals surface area contributed by atoms with E-state index < -0.39 is 53.6 Å². The number of carbonyl (C=O) groups is 2. The molecule has 220 valence electrons. The number of benzene rings is 1. The number of thiazole rings is 1. The molecule has 3 aliphatic rings. The minimum atomic E-state index is -3.03. The lowest BCUT2D eigenvalue weighted by atomic mass is 9.93. The van der Waals surface area contributed by atoms with Gasteiger partial charge in [0, 0.05) is 60.1 Å². The zero-order valence-corrected chi connectivity index (χ0v) is 24.1. The number of carboxylic acids is 1. The molecule has 0 saturated carbocycles. The molecule has 2 aromatic rings. The van der Waals surface area contributed by atoms with E-state index in [0.717, 1.165) is 6.07 Å². The van der Waals surface area contributed by atoms with Gasteiger partial charge < -0.3 is 20.1 Å². The molecule has 0 bridgehead atoms. The molecule has 1 aromatic carbocycles. The van der Waals surface area contributed by atoms with Crippen LogP contribution in [0.5, 0.6) is 0 Å². The number of methoxy groups -OCH3 is 1. The molecule has 14 heteroatoms. The van der Waals surface area contributed by atoms with Crippen LogP contribution < -0.4 is 5.32 Å². The van der Waals surface area contributed by atoms with Crippen LogP contribution in [0.15, 0.2) is 46.0 Å². The van der Waals surface area contributed by atoms with Gasteiger partial charge in [-0.15, -0.1) is 11.3 Å². The van der Waals surface area contributed by atoms with Crippen molar-refractivity contribution in [2.75, 3.05) is 39.8 Å². The Kier molecular flexibility index (Phi) is 7.92. The van der Waals surface area contributed by atoms with E-state index in [-0.39, 0.29) is 36.8 Å². The van der Waals surface area contributed by atoms with Crippen LogP contribution in [0, 0.1) is 17.2 Å². The minimum absolute atomic E-state index is 0.0418. The van der Waals surface area contributed by atoms with Gasteiger partial charge in [-0.1, -0.05) is 17.7 Å². The molecule has 1 aromatic heterocycles. The summed E-state index contributed by atoms with van der Waals surface area (Å²) in [6.07, 6.45) is 1.58. The number of halogens is 4. The number of aromatic nitrogens is 1. The van der Waals surface area contributed by atoms with Gasteiger partial charge >= 0.3 is 11.9 Å². The van der Waals surface area contributed by atoms with Gasteiger partial charge in [-0.05, 0) is 26.0 Å². The maximum atomic E-state index is 15.3. The topological polar surface area (TPSA) is 107 Å². The van der Waals surface area contributed by atoms with Crippen LogP contribution >= 0.6 is 22.9 Å². The number of likely N-dealkylation sites (tertiary alicyclic amines) is 2. The molecule has 2 saturated heterocycles. The first-order valence-electron chi connectivity index (χ1n) is 12.9. The fourth-order valence-electron chi connectivity index (χ4n) is 5.76. The summed E-state index contributed by atoms with van der Waals surface area (Å²) in [4.78, 5) is 37.2. The van der Waals surface area contributed by atoms with E-state index in [1.165, 1.54) is 30.6 Å². The third-order valence-corrected chi connectivity index (χ3v) is 8.88. The summed E-state index contributed by atoms with van der Waals surface area (Å²) in [5.41, 5.74) is -0.405. The third-order valence-electron chi connectivity index (χ3n) is 7.77. The van der Waals surface area contributed by atoms with Crippen molar-refractivity contribution in [2.24, 2.45) is 16.3 Å². The number of aliphatic carboxylic acids is 1. The Balaban J connectivity index is 1.52. The van der Waals surface area contributed by atoms with Crippen molar-refractivity contribution in [1.29, 1.82) is 0 Å². The van der Waals surface area contributed by atoms with Crippen molar-refractivity contribution in [3.05, 3.63) is 62.5 Å². The second-order valence-electron chi connectivity index (χ2n) is 11.1. The highest BCUT2D eigenvalue weighted by Gasteiger charge is 2.58. The van der Waals surface area contributed by atoms with Crippen LogP contribution in [0.3, 0.4) is 0 Å². The highest BCUT2D eigenvalue weighted by molar-refractivity contribution is 7.11. The fourth-order valence-corrected chi connectivity index (χ4v) is 6.61. The number of amidine groups is 1. The van der Waals surface area contributed by atoms with Gasteiger partial charge in [0.05, 0.1) is 30.6 Å². The van der Waals surface area contributed by atoms with Crippen LogP contribution in [-0.2, 0) is 14.3 Å². The molecule has 9 nitrogen and oxygen atoms in total. The third kappa shape index (κ3) is 5.72. The number of nitrogens with one attached hydrogen (secondary N) is 1. The number of carbonyl (C=O) groups excluding carboxylic acids is 1. The van der Waals surface area contributed by atoms with Crippen LogP contribution in [-0.4, -0.2) is 89.5 Å². The fraction of sp³-hybridized carbons (Fsp3) is 0.481. The monoisotopic (exact) mass is 611 g/mol. The molecule has 41 heavy (non-hydrogen) atoms. The van der Waals surface area contributed by atoms with E-state index >= 15 is 8.78 Å². The minimum Gasteiger partial charge on any atom is -0.481 e. The predicted octanol–water partition coefficient (Wildman–Crippen LogP) is 3.82. The molecule has 0 unspecified atom stereocenters. The van der Waals surface area contributed by atoms with Gasteiger partial charge in [-0.2, -0.15) is 0 Å². The Morgan fingerprint density at radius 3 is 2.71 bits per heavy atom. The van der Waals surface area contributed by atoms with Gasteiger partial charge in [0.25, 0.3) is 5.92 Å². The number of alkyl halides is 2. The molecule has 4 heterocycles. The molecule has 3 aliphatic heterocycles. The number of ether oxygens (including phenoxy) is 1. The van der Waals surface area contributed by atoms with Crippen molar-refractivity contribution in [2.45, 2.75) is 31.9 Å². The quantitative estimate of drug-likeness (QED) is 0.434. The lowest BCUT2D eigenvalue weighted by Crippen LogP contribution is -2.44. The van der Waals surface area contributed by atoms with Gasteiger partial charge in [-0.3, -0.25) is 14.7 Å². The zero-order chi connectivity index (χ0) is 29.7. The second kappa shape index (κ2) is 11.0. The van der Waals surface area contributed by atoms with Crippen molar-refractivity contribution >= 4 is 40.7 Å². The Morgan fingerprint density at radius 2 is 2.07 bits per heavy atom. The number of esters is 1. The van der Waals surface area contributed by atoms with Gasteiger partial charge in [0.2, 0.25) is 0 Å². The number of rotatable bonds is 8. The number of hydrogen-bond donors (Lipinski definition) is 2. The first kappa shape index (κ1) is 29.5. The molecular formula is C27H29ClF3N5O4S. The second-order valence-corrected chi connectivity index (χ2v) is 12.4. The Labute approximate surface area is 243 Å². The summed E-state index contributed by atoms with van der Waals surface area (Å²) in [6.45, 7) is 2.96. The molecular weight excluding hydrogens is 583 g/mol. The SMILES string of the molecule is COC(=O)C1=C(CN2CC(F)(F)[C@H]3CN(CC(C)(C)C(=O)O)C[C@H]32)NC(c2nccs2)=N[C@H]1c1ccc(F)cc1Cl. The lowest BCUT2D eigenvalue weighted by molar-refractivity contribution is -0.148. The average Bonchev–Trinajstić information content (AvgIpc) is 3.62. The van der Waals surface area contributed by atoms with Crippen molar-refractivity contribution in [1.82, 2.24) is 20.1 Å². The Morgan fingerprint density at radius 1 is 1.32 bits per heavy atom. The van der Waals surface area contributed by atoms with E-state index in [1.807, 2.05) is 0 Å². The highest BCUT2D eigenvalue weighted by atomic mass is 35.5. The smallest absolute Gasteiger partial charge is 0.338 e. The average molecular weight is 612 g/mol.